The van der Waals surface area contributed by atoms with Crippen molar-refractivity contribution in [2.24, 2.45) is 17.3 Å². The topological polar surface area (TPSA) is 12.5 Å². The zero-order valence-corrected chi connectivity index (χ0v) is 21.1. The quantitative estimate of drug-likeness (QED) is 0.388. The van der Waals surface area contributed by atoms with Crippen LogP contribution in [-0.2, 0) is 13.0 Å². The molecule has 3 aliphatic carbocycles. The van der Waals surface area contributed by atoms with E-state index >= 15 is 0 Å². The predicted molar refractivity (Wildman–Crippen MR) is 138 cm³/mol. The van der Waals surface area contributed by atoms with Gasteiger partial charge in [0.25, 0.3) is 0 Å². The van der Waals surface area contributed by atoms with E-state index in [4.69, 9.17) is 4.74 Å². The summed E-state index contributed by atoms with van der Waals surface area (Å²) in [6, 6.07) is 18.8. The van der Waals surface area contributed by atoms with Gasteiger partial charge in [-0.05, 0) is 104 Å². The molecule has 0 amide bonds. The van der Waals surface area contributed by atoms with Crippen molar-refractivity contribution in [2.75, 3.05) is 13.7 Å². The van der Waals surface area contributed by atoms with Crippen LogP contribution in [0.4, 0.5) is 0 Å². The first-order valence-corrected chi connectivity index (χ1v) is 13.6. The molecule has 33 heavy (non-hydrogen) atoms. The number of benzene rings is 2. The maximum Gasteiger partial charge on any atom is 0.119 e. The Morgan fingerprint density at radius 3 is 2.67 bits per heavy atom. The van der Waals surface area contributed by atoms with E-state index in [0.29, 0.717) is 11.5 Å². The summed E-state index contributed by atoms with van der Waals surface area (Å²) in [5.41, 5.74) is 5.13. The number of ether oxygens (including phenoxy) is 1. The van der Waals surface area contributed by atoms with Gasteiger partial charge in [-0.3, -0.25) is 4.90 Å². The van der Waals surface area contributed by atoms with Gasteiger partial charge in [0.05, 0.1) is 6.61 Å². The Labute approximate surface area is 201 Å². The van der Waals surface area contributed by atoms with Crippen molar-refractivity contribution in [1.29, 1.82) is 0 Å². The SMILES string of the molecule is CCCCCOc1ccc2c(c1)CCC1C2CC[C@@]2(C)C1CC[C@@H]2N(C)Cc1ccccc1. The smallest absolute Gasteiger partial charge is 0.119 e. The first kappa shape index (κ1) is 23.0. The van der Waals surface area contributed by atoms with Crippen LogP contribution in [0.15, 0.2) is 48.5 Å². The summed E-state index contributed by atoms with van der Waals surface area (Å²) in [6.07, 6.45) is 11.8. The number of nitrogens with zero attached hydrogens (tertiary/aromatic N) is 1. The maximum atomic E-state index is 6.08. The molecule has 0 aromatic heterocycles. The Morgan fingerprint density at radius 2 is 1.85 bits per heavy atom. The van der Waals surface area contributed by atoms with Crippen molar-refractivity contribution in [3.8, 4) is 5.75 Å². The third-order valence-electron chi connectivity index (χ3n) is 9.47. The average Bonchev–Trinajstić information content (AvgIpc) is 3.19. The molecule has 0 heterocycles. The van der Waals surface area contributed by atoms with Crippen LogP contribution in [0.25, 0.3) is 0 Å². The van der Waals surface area contributed by atoms with Crippen molar-refractivity contribution < 1.29 is 4.74 Å². The zero-order valence-electron chi connectivity index (χ0n) is 21.1. The molecule has 2 nitrogen and oxygen atoms in total. The van der Waals surface area contributed by atoms with Crippen molar-refractivity contribution in [3.05, 3.63) is 65.2 Å². The fraction of sp³-hybridized carbons (Fsp3) is 0.613. The molecule has 178 valence electrons. The molecule has 0 spiro atoms. The minimum atomic E-state index is 0.463. The summed E-state index contributed by atoms with van der Waals surface area (Å²) in [6.45, 7) is 6.82. The van der Waals surface area contributed by atoms with Gasteiger partial charge >= 0.3 is 0 Å². The van der Waals surface area contributed by atoms with E-state index in [0.717, 1.165) is 36.7 Å². The standard InChI is InChI=1S/C31H43NO/c1-4-5-9-20-33-25-13-15-26-24(21-25)12-14-28-27(26)18-19-31(2)29(28)16-17-30(31)32(3)22-23-10-7-6-8-11-23/h6-8,10-11,13,15,21,27-30H,4-5,9,12,14,16-20,22H2,1-3H3/t27?,28?,29?,30-,31-/m0/s1. The van der Waals surface area contributed by atoms with Gasteiger partial charge in [0.1, 0.15) is 5.75 Å². The molecule has 2 fully saturated rings. The van der Waals surface area contributed by atoms with Gasteiger partial charge in [-0.25, -0.2) is 0 Å². The van der Waals surface area contributed by atoms with Crippen molar-refractivity contribution in [1.82, 2.24) is 4.90 Å². The number of fused-ring (bicyclic) bond motifs is 5. The lowest BCUT2D eigenvalue weighted by atomic mass is 9.55. The Morgan fingerprint density at radius 1 is 1.00 bits per heavy atom. The van der Waals surface area contributed by atoms with E-state index in [1.807, 2.05) is 0 Å². The fourth-order valence-electron chi connectivity index (χ4n) is 7.87. The minimum Gasteiger partial charge on any atom is -0.494 e. The first-order chi connectivity index (χ1) is 16.1. The van der Waals surface area contributed by atoms with Crippen LogP contribution in [0.3, 0.4) is 0 Å². The van der Waals surface area contributed by atoms with E-state index in [2.05, 4.69) is 74.3 Å². The minimum absolute atomic E-state index is 0.463. The van der Waals surface area contributed by atoms with Crippen LogP contribution < -0.4 is 4.74 Å². The number of aryl methyl sites for hydroxylation is 1. The van der Waals surface area contributed by atoms with Crippen LogP contribution in [0.2, 0.25) is 0 Å². The van der Waals surface area contributed by atoms with Gasteiger partial charge in [-0.2, -0.15) is 0 Å². The first-order valence-electron chi connectivity index (χ1n) is 13.6. The maximum absolute atomic E-state index is 6.08. The third kappa shape index (κ3) is 4.48. The Bertz CT molecular complexity index is 924. The number of hydrogen-bond acceptors (Lipinski definition) is 2. The van der Waals surface area contributed by atoms with Crippen LogP contribution >= 0.6 is 0 Å². The summed E-state index contributed by atoms with van der Waals surface area (Å²) < 4.78 is 6.08. The molecule has 2 aromatic rings. The van der Waals surface area contributed by atoms with Gasteiger partial charge in [0.2, 0.25) is 0 Å². The van der Waals surface area contributed by atoms with Crippen molar-refractivity contribution >= 4 is 0 Å². The third-order valence-corrected chi connectivity index (χ3v) is 9.47. The van der Waals surface area contributed by atoms with E-state index < -0.39 is 0 Å². The molecule has 2 saturated carbocycles. The molecule has 0 N–H and O–H groups in total. The summed E-state index contributed by atoms with van der Waals surface area (Å²) in [5, 5.41) is 0. The Hall–Kier alpha value is -1.80. The molecule has 5 atom stereocenters. The molecule has 3 unspecified atom stereocenters. The van der Waals surface area contributed by atoms with Crippen LogP contribution in [-0.4, -0.2) is 24.6 Å². The second-order valence-corrected chi connectivity index (χ2v) is 11.4. The van der Waals surface area contributed by atoms with Crippen LogP contribution in [0.5, 0.6) is 5.75 Å². The number of hydrogen-bond donors (Lipinski definition) is 0. The molecule has 0 bridgehead atoms. The summed E-state index contributed by atoms with van der Waals surface area (Å²) in [7, 11) is 2.37. The molecule has 2 heteroatoms. The van der Waals surface area contributed by atoms with E-state index in [1.54, 1.807) is 11.1 Å². The zero-order chi connectivity index (χ0) is 22.8. The average molecular weight is 446 g/mol. The molecule has 3 aliphatic rings. The predicted octanol–water partition coefficient (Wildman–Crippen LogP) is 7.61. The summed E-state index contributed by atoms with van der Waals surface area (Å²) in [4.78, 5) is 2.68. The van der Waals surface area contributed by atoms with Gasteiger partial charge in [-0.1, -0.05) is 63.1 Å². The van der Waals surface area contributed by atoms with Crippen LogP contribution in [0.1, 0.15) is 87.8 Å². The highest BCUT2D eigenvalue weighted by molar-refractivity contribution is 5.41. The van der Waals surface area contributed by atoms with E-state index in [-0.39, 0.29) is 0 Å². The second kappa shape index (κ2) is 9.82. The van der Waals surface area contributed by atoms with Gasteiger partial charge in [0, 0.05) is 12.6 Å². The molecule has 0 saturated heterocycles. The van der Waals surface area contributed by atoms with Gasteiger partial charge in [-0.15, -0.1) is 0 Å². The summed E-state index contributed by atoms with van der Waals surface area (Å²) in [5.74, 6) is 3.59. The molecule has 0 radical (unpaired) electrons. The molecule has 5 rings (SSSR count). The van der Waals surface area contributed by atoms with Gasteiger partial charge < -0.3 is 4.74 Å². The largest absolute Gasteiger partial charge is 0.494 e. The molecule has 2 aromatic carbocycles. The molecular formula is C31H43NO. The molecular weight excluding hydrogens is 402 g/mol. The monoisotopic (exact) mass is 445 g/mol. The highest BCUT2D eigenvalue weighted by Crippen LogP contribution is 2.61. The number of unbranched alkanes of at least 4 members (excludes halogenated alkanes) is 2. The Balaban J connectivity index is 1.28. The Kier molecular flexibility index (Phi) is 6.84. The van der Waals surface area contributed by atoms with Crippen molar-refractivity contribution in [2.45, 2.75) is 90.1 Å². The normalized spacial score (nSPS) is 30.5. The van der Waals surface area contributed by atoms with Crippen molar-refractivity contribution in [3.63, 3.8) is 0 Å². The lowest BCUT2D eigenvalue weighted by molar-refractivity contribution is 0.00531. The number of rotatable bonds is 8. The fourth-order valence-corrected chi connectivity index (χ4v) is 7.87. The second-order valence-electron chi connectivity index (χ2n) is 11.4. The molecule has 0 aliphatic heterocycles. The van der Waals surface area contributed by atoms with Crippen LogP contribution in [0, 0.1) is 17.3 Å². The lowest BCUT2D eigenvalue weighted by Gasteiger charge is -2.52. The highest BCUT2D eigenvalue weighted by atomic mass is 16.5. The van der Waals surface area contributed by atoms with E-state index in [1.165, 1.54) is 63.4 Å². The highest BCUT2D eigenvalue weighted by Gasteiger charge is 2.55. The summed E-state index contributed by atoms with van der Waals surface area (Å²) >= 11 is 0. The lowest BCUT2D eigenvalue weighted by Crippen LogP contribution is -2.49. The van der Waals surface area contributed by atoms with E-state index in [9.17, 15) is 0 Å². The van der Waals surface area contributed by atoms with Gasteiger partial charge in [0.15, 0.2) is 0 Å².